The van der Waals surface area contributed by atoms with Crippen LogP contribution < -0.4 is 0 Å². The van der Waals surface area contributed by atoms with Gasteiger partial charge < -0.3 is 0 Å². The smallest absolute Gasteiger partial charge is 0.162 e. The van der Waals surface area contributed by atoms with Crippen LogP contribution in [-0.2, 0) is 4.79 Å². The first-order valence-electron chi connectivity index (χ1n) is 10.0. The number of Topliss-reactive ketones (excluding diaryl/α,β-unsaturated/α-hetero) is 1. The fourth-order valence-electron chi connectivity index (χ4n) is 5.32. The average Bonchev–Trinajstić information content (AvgIpc) is 2.59. The van der Waals surface area contributed by atoms with E-state index < -0.39 is 61.3 Å². The van der Waals surface area contributed by atoms with Crippen molar-refractivity contribution in [1.29, 1.82) is 0 Å². The predicted molar refractivity (Wildman–Crippen MR) is 89.5 cm³/mol. The minimum atomic E-state index is -2.24. The molecule has 3 fully saturated rings. The van der Waals surface area contributed by atoms with E-state index in [1.165, 1.54) is 0 Å². The second kappa shape index (κ2) is 8.14. The second-order valence-electron chi connectivity index (χ2n) is 8.86. The molecule has 3 rings (SSSR count). The molecule has 0 N–H and O–H groups in total. The zero-order valence-corrected chi connectivity index (χ0v) is 15.2. The Labute approximate surface area is 152 Å². The van der Waals surface area contributed by atoms with Gasteiger partial charge in [-0.05, 0) is 56.3 Å². The standard InChI is InChI=1S/C20H29F5O/c1-10-2-4-11(5-3-10)12-6-14(21)18(15(22)7-12)20(26)13-8-16(23)19(25)17(24)9-13/h10-19H,2-9H2,1H3. The van der Waals surface area contributed by atoms with E-state index in [1.54, 1.807) is 0 Å². The first kappa shape index (κ1) is 20.1. The maximum atomic E-state index is 14.7. The molecule has 1 nitrogen and oxygen atoms in total. The van der Waals surface area contributed by atoms with Crippen LogP contribution in [0.4, 0.5) is 22.0 Å². The molecule has 0 heterocycles. The van der Waals surface area contributed by atoms with Crippen molar-refractivity contribution in [2.24, 2.45) is 29.6 Å². The molecule has 0 aliphatic heterocycles. The quantitative estimate of drug-likeness (QED) is 0.590. The molecule has 6 heteroatoms. The van der Waals surface area contributed by atoms with Gasteiger partial charge in [0.1, 0.15) is 30.5 Å². The first-order valence-corrected chi connectivity index (χ1v) is 10.0. The van der Waals surface area contributed by atoms with Crippen molar-refractivity contribution >= 4 is 5.78 Å². The lowest BCUT2D eigenvalue weighted by molar-refractivity contribution is -0.138. The highest BCUT2D eigenvalue weighted by Crippen LogP contribution is 2.45. The zero-order valence-electron chi connectivity index (χ0n) is 15.2. The molecule has 150 valence electrons. The maximum absolute atomic E-state index is 14.7. The number of hydrogen-bond acceptors (Lipinski definition) is 1. The Balaban J connectivity index is 1.62. The molecule has 0 amide bonds. The summed E-state index contributed by atoms with van der Waals surface area (Å²) < 4.78 is 69.9. The zero-order chi connectivity index (χ0) is 19.0. The van der Waals surface area contributed by atoms with Gasteiger partial charge in [-0.1, -0.05) is 19.8 Å². The number of halogens is 5. The molecule has 0 aromatic rings. The molecule has 0 radical (unpaired) electrons. The third kappa shape index (κ3) is 4.09. The third-order valence-electron chi connectivity index (χ3n) is 7.00. The molecular formula is C20H29F5O. The predicted octanol–water partition coefficient (Wildman–Crippen LogP) is 5.51. The minimum Gasteiger partial charge on any atom is -0.299 e. The molecule has 0 saturated heterocycles. The highest BCUT2D eigenvalue weighted by atomic mass is 19.2. The van der Waals surface area contributed by atoms with Crippen molar-refractivity contribution in [3.8, 4) is 0 Å². The van der Waals surface area contributed by atoms with Gasteiger partial charge in [-0.25, -0.2) is 22.0 Å². The van der Waals surface area contributed by atoms with Crippen LogP contribution >= 0.6 is 0 Å². The molecule has 3 aliphatic rings. The topological polar surface area (TPSA) is 17.1 Å². The molecule has 3 saturated carbocycles. The summed E-state index contributed by atoms with van der Waals surface area (Å²) in [6.07, 6.45) is -6.21. The Kier molecular flexibility index (Phi) is 6.28. The van der Waals surface area contributed by atoms with E-state index in [-0.39, 0.29) is 18.8 Å². The summed E-state index contributed by atoms with van der Waals surface area (Å²) in [5.74, 6) is -2.44. The Morgan fingerprint density at radius 3 is 1.69 bits per heavy atom. The lowest BCUT2D eigenvalue weighted by Crippen LogP contribution is -2.48. The van der Waals surface area contributed by atoms with Crippen LogP contribution in [0.25, 0.3) is 0 Å². The molecule has 0 bridgehead atoms. The van der Waals surface area contributed by atoms with Crippen LogP contribution in [0, 0.1) is 29.6 Å². The molecule has 4 unspecified atom stereocenters. The number of alkyl halides is 5. The number of carbonyl (C=O) groups is 1. The van der Waals surface area contributed by atoms with Crippen molar-refractivity contribution in [3.63, 3.8) is 0 Å². The molecule has 3 aliphatic carbocycles. The van der Waals surface area contributed by atoms with E-state index in [0.717, 1.165) is 25.7 Å². The van der Waals surface area contributed by atoms with Gasteiger partial charge >= 0.3 is 0 Å². The number of carbonyl (C=O) groups excluding carboxylic acids is 1. The molecular weight excluding hydrogens is 351 g/mol. The second-order valence-corrected chi connectivity index (χ2v) is 8.86. The van der Waals surface area contributed by atoms with Gasteiger partial charge in [0.05, 0.1) is 5.92 Å². The summed E-state index contributed by atoms with van der Waals surface area (Å²) in [5, 5.41) is 0. The molecule has 0 spiro atoms. The fraction of sp³-hybridized carbons (Fsp3) is 0.950. The Bertz CT molecular complexity index is 469. The summed E-state index contributed by atoms with van der Waals surface area (Å²) in [7, 11) is 0. The van der Waals surface area contributed by atoms with Gasteiger partial charge in [0.15, 0.2) is 6.17 Å². The van der Waals surface area contributed by atoms with E-state index in [9.17, 15) is 26.7 Å². The molecule has 0 aromatic carbocycles. The number of rotatable bonds is 3. The van der Waals surface area contributed by atoms with Crippen LogP contribution in [-0.4, -0.2) is 36.6 Å². The largest absolute Gasteiger partial charge is 0.299 e. The van der Waals surface area contributed by atoms with Crippen LogP contribution in [0.5, 0.6) is 0 Å². The monoisotopic (exact) mass is 380 g/mol. The highest BCUT2D eigenvalue weighted by molar-refractivity contribution is 5.85. The summed E-state index contributed by atoms with van der Waals surface area (Å²) in [5.41, 5.74) is 0. The first-order chi connectivity index (χ1) is 12.3. The maximum Gasteiger partial charge on any atom is 0.162 e. The Morgan fingerprint density at radius 1 is 0.692 bits per heavy atom. The van der Waals surface area contributed by atoms with Gasteiger partial charge in [0.2, 0.25) is 0 Å². The highest BCUT2D eigenvalue weighted by Gasteiger charge is 2.49. The van der Waals surface area contributed by atoms with Crippen LogP contribution in [0.1, 0.15) is 58.3 Å². The van der Waals surface area contributed by atoms with Crippen molar-refractivity contribution in [1.82, 2.24) is 0 Å². The molecule has 26 heavy (non-hydrogen) atoms. The van der Waals surface area contributed by atoms with Crippen LogP contribution in [0.3, 0.4) is 0 Å². The van der Waals surface area contributed by atoms with Gasteiger partial charge in [0.25, 0.3) is 0 Å². The SMILES string of the molecule is CC1CCC(C2CC(F)C(C(=O)C3CC(F)C(F)C(F)C3)C(F)C2)CC1. The van der Waals surface area contributed by atoms with E-state index in [0.29, 0.717) is 11.8 Å². The van der Waals surface area contributed by atoms with Gasteiger partial charge in [-0.15, -0.1) is 0 Å². The average molecular weight is 380 g/mol. The summed E-state index contributed by atoms with van der Waals surface area (Å²) >= 11 is 0. The third-order valence-corrected chi connectivity index (χ3v) is 7.00. The van der Waals surface area contributed by atoms with Crippen molar-refractivity contribution in [3.05, 3.63) is 0 Å². The van der Waals surface area contributed by atoms with Crippen molar-refractivity contribution < 1.29 is 26.7 Å². The van der Waals surface area contributed by atoms with Crippen LogP contribution in [0.2, 0.25) is 0 Å². The lowest BCUT2D eigenvalue weighted by atomic mass is 9.66. The van der Waals surface area contributed by atoms with E-state index in [4.69, 9.17) is 0 Å². The normalized spacial score (nSPS) is 50.4. The lowest BCUT2D eigenvalue weighted by Gasteiger charge is -2.41. The van der Waals surface area contributed by atoms with E-state index >= 15 is 0 Å². The van der Waals surface area contributed by atoms with Crippen LogP contribution in [0.15, 0.2) is 0 Å². The van der Waals surface area contributed by atoms with Gasteiger partial charge in [0, 0.05) is 5.92 Å². The Morgan fingerprint density at radius 2 is 1.19 bits per heavy atom. The van der Waals surface area contributed by atoms with Crippen molar-refractivity contribution in [2.45, 2.75) is 89.1 Å². The summed E-state index contributed by atoms with van der Waals surface area (Å²) in [4.78, 5) is 12.6. The van der Waals surface area contributed by atoms with Crippen molar-refractivity contribution in [2.75, 3.05) is 0 Å². The summed E-state index contributed by atoms with van der Waals surface area (Å²) in [6.45, 7) is 2.18. The number of ketones is 1. The van der Waals surface area contributed by atoms with Gasteiger partial charge in [-0.3, -0.25) is 4.79 Å². The number of hydrogen-bond donors (Lipinski definition) is 0. The molecule has 0 aromatic heterocycles. The Hall–Kier alpha value is -0.680. The van der Waals surface area contributed by atoms with Gasteiger partial charge in [-0.2, -0.15) is 0 Å². The minimum absolute atomic E-state index is 0.0685. The fourth-order valence-corrected chi connectivity index (χ4v) is 5.32. The summed E-state index contributed by atoms with van der Waals surface area (Å²) in [6, 6.07) is 0. The van der Waals surface area contributed by atoms with E-state index in [2.05, 4.69) is 6.92 Å². The van der Waals surface area contributed by atoms with E-state index in [1.807, 2.05) is 0 Å². The molecule has 4 atom stereocenters.